The lowest BCUT2D eigenvalue weighted by molar-refractivity contribution is 0.0943. The van der Waals surface area contributed by atoms with Gasteiger partial charge in [0.1, 0.15) is 5.75 Å². The third-order valence-corrected chi connectivity index (χ3v) is 3.60. The van der Waals surface area contributed by atoms with E-state index in [0.717, 1.165) is 28.9 Å². The second-order valence-corrected chi connectivity index (χ2v) is 5.38. The third kappa shape index (κ3) is 3.28. The Morgan fingerprint density at radius 3 is 3.10 bits per heavy atom. The van der Waals surface area contributed by atoms with Crippen LogP contribution < -0.4 is 4.74 Å². The normalized spacial score (nSPS) is 13.0. The first-order valence-electron chi connectivity index (χ1n) is 7.09. The molecule has 2 aromatic rings. The molecular formula is C17H18N2O2. The molecule has 0 amide bonds. The van der Waals surface area contributed by atoms with Gasteiger partial charge in [0.15, 0.2) is 5.78 Å². The van der Waals surface area contributed by atoms with Crippen LogP contribution in [0.25, 0.3) is 0 Å². The van der Waals surface area contributed by atoms with Crippen LogP contribution in [0.2, 0.25) is 0 Å². The molecule has 0 radical (unpaired) electrons. The topological polar surface area (TPSA) is 42.4 Å². The maximum absolute atomic E-state index is 12.3. The van der Waals surface area contributed by atoms with Gasteiger partial charge >= 0.3 is 0 Å². The molecule has 1 aliphatic rings. The zero-order valence-electron chi connectivity index (χ0n) is 12.1. The highest BCUT2D eigenvalue weighted by Crippen LogP contribution is 2.26. The van der Waals surface area contributed by atoms with Crippen molar-refractivity contribution in [3.8, 4) is 5.75 Å². The molecule has 4 nitrogen and oxygen atoms in total. The average molecular weight is 282 g/mol. The summed E-state index contributed by atoms with van der Waals surface area (Å²) in [6, 6.07) is 9.63. The van der Waals surface area contributed by atoms with Gasteiger partial charge in [-0.05, 0) is 42.4 Å². The molecule has 4 heteroatoms. The highest BCUT2D eigenvalue weighted by Gasteiger charge is 2.16. The number of likely N-dealkylation sites (N-methyl/N-ethyl adjacent to an activating group) is 1. The van der Waals surface area contributed by atoms with Gasteiger partial charge in [0.05, 0.1) is 13.2 Å². The second kappa shape index (κ2) is 6.06. The number of Topliss-reactive ketones (excluding diaryl/α,β-unsaturated/α-hetero) is 1. The number of carbonyl (C=O) groups excluding carboxylic acids is 1. The molecule has 0 fully saturated rings. The molecule has 1 aromatic heterocycles. The molecule has 108 valence electrons. The van der Waals surface area contributed by atoms with Gasteiger partial charge in [-0.15, -0.1) is 0 Å². The van der Waals surface area contributed by atoms with Crippen molar-refractivity contribution in [3.05, 3.63) is 59.4 Å². The van der Waals surface area contributed by atoms with Crippen molar-refractivity contribution in [2.45, 2.75) is 13.0 Å². The zero-order valence-corrected chi connectivity index (χ0v) is 12.1. The van der Waals surface area contributed by atoms with Gasteiger partial charge in [0.25, 0.3) is 0 Å². The van der Waals surface area contributed by atoms with E-state index in [4.69, 9.17) is 4.74 Å². The Labute approximate surface area is 124 Å². The number of ketones is 1. The monoisotopic (exact) mass is 282 g/mol. The first kappa shape index (κ1) is 13.8. The van der Waals surface area contributed by atoms with Crippen LogP contribution in [0, 0.1) is 0 Å². The van der Waals surface area contributed by atoms with E-state index in [2.05, 4.69) is 4.98 Å². The Morgan fingerprint density at radius 2 is 2.29 bits per heavy atom. The number of pyridine rings is 1. The van der Waals surface area contributed by atoms with Gasteiger partial charge in [-0.2, -0.15) is 0 Å². The third-order valence-electron chi connectivity index (χ3n) is 3.60. The molecule has 0 spiro atoms. The van der Waals surface area contributed by atoms with E-state index in [-0.39, 0.29) is 5.78 Å². The Balaban J connectivity index is 1.63. The number of aromatic nitrogens is 1. The van der Waals surface area contributed by atoms with E-state index in [9.17, 15) is 4.79 Å². The second-order valence-electron chi connectivity index (χ2n) is 5.38. The van der Waals surface area contributed by atoms with Gasteiger partial charge in [-0.25, -0.2) is 0 Å². The molecule has 0 saturated carbocycles. The van der Waals surface area contributed by atoms with Crippen molar-refractivity contribution >= 4 is 5.78 Å². The number of ether oxygens (including phenoxy) is 1. The summed E-state index contributed by atoms with van der Waals surface area (Å²) in [5, 5.41) is 0. The van der Waals surface area contributed by atoms with Gasteiger partial charge in [0.2, 0.25) is 0 Å². The summed E-state index contributed by atoms with van der Waals surface area (Å²) in [7, 11) is 1.95. The van der Waals surface area contributed by atoms with Gasteiger partial charge < -0.3 is 4.74 Å². The molecule has 2 heterocycles. The summed E-state index contributed by atoms with van der Waals surface area (Å²) in [4.78, 5) is 18.4. The summed E-state index contributed by atoms with van der Waals surface area (Å²) in [6.45, 7) is 1.83. The lowest BCUT2D eigenvalue weighted by Gasteiger charge is -2.15. The minimum Gasteiger partial charge on any atom is -0.493 e. The molecule has 21 heavy (non-hydrogen) atoms. The fourth-order valence-electron chi connectivity index (χ4n) is 2.56. The average Bonchev–Trinajstić information content (AvgIpc) is 2.95. The van der Waals surface area contributed by atoms with E-state index >= 15 is 0 Å². The predicted octanol–water partition coefficient (Wildman–Crippen LogP) is 2.33. The summed E-state index contributed by atoms with van der Waals surface area (Å²) >= 11 is 0. The fraction of sp³-hybridized carbons (Fsp3) is 0.294. The number of rotatable bonds is 5. The summed E-state index contributed by atoms with van der Waals surface area (Å²) in [5.41, 5.74) is 3.00. The molecule has 0 aliphatic carbocycles. The van der Waals surface area contributed by atoms with Gasteiger partial charge in [0, 0.05) is 30.9 Å². The van der Waals surface area contributed by atoms with Gasteiger partial charge in [-0.1, -0.05) is 6.07 Å². The summed E-state index contributed by atoms with van der Waals surface area (Å²) in [6.07, 6.45) is 4.47. The first-order chi connectivity index (χ1) is 10.2. The van der Waals surface area contributed by atoms with E-state index in [1.807, 2.05) is 48.5 Å². The number of hydrogen-bond acceptors (Lipinski definition) is 4. The molecule has 0 unspecified atom stereocenters. The van der Waals surface area contributed by atoms with Crippen molar-refractivity contribution in [1.29, 1.82) is 0 Å². The molecule has 0 bridgehead atoms. The van der Waals surface area contributed by atoms with Crippen LogP contribution in [-0.4, -0.2) is 35.9 Å². The lowest BCUT2D eigenvalue weighted by Crippen LogP contribution is -2.25. The van der Waals surface area contributed by atoms with Crippen molar-refractivity contribution in [2.75, 3.05) is 20.2 Å². The molecule has 1 aliphatic heterocycles. The van der Waals surface area contributed by atoms with Crippen LogP contribution in [-0.2, 0) is 13.0 Å². The maximum atomic E-state index is 12.3. The van der Waals surface area contributed by atoms with E-state index in [1.54, 1.807) is 6.20 Å². The molecule has 0 atom stereocenters. The Morgan fingerprint density at radius 1 is 1.38 bits per heavy atom. The van der Waals surface area contributed by atoms with Crippen LogP contribution in [0.15, 0.2) is 42.7 Å². The predicted molar refractivity (Wildman–Crippen MR) is 80.5 cm³/mol. The molecular weight excluding hydrogens is 264 g/mol. The molecule has 0 saturated heterocycles. The smallest absolute Gasteiger partial charge is 0.176 e. The number of nitrogens with zero attached hydrogens (tertiary/aromatic N) is 2. The van der Waals surface area contributed by atoms with Crippen molar-refractivity contribution in [3.63, 3.8) is 0 Å². The van der Waals surface area contributed by atoms with E-state index < -0.39 is 0 Å². The van der Waals surface area contributed by atoms with Crippen LogP contribution in [0.1, 0.15) is 21.5 Å². The Kier molecular flexibility index (Phi) is 3.97. The summed E-state index contributed by atoms with van der Waals surface area (Å²) < 4.78 is 5.46. The number of carbonyl (C=O) groups is 1. The lowest BCUT2D eigenvalue weighted by atomic mass is 10.1. The van der Waals surface area contributed by atoms with Crippen molar-refractivity contribution in [2.24, 2.45) is 0 Å². The van der Waals surface area contributed by atoms with E-state index in [0.29, 0.717) is 19.7 Å². The summed E-state index contributed by atoms with van der Waals surface area (Å²) in [5.74, 6) is 1.05. The number of fused-ring (bicyclic) bond motifs is 1. The SMILES string of the molecule is CN(CC(=O)c1ccc2c(c1)CCO2)Cc1cccnc1. The van der Waals surface area contributed by atoms with Gasteiger partial charge in [-0.3, -0.25) is 14.7 Å². The number of hydrogen-bond donors (Lipinski definition) is 0. The largest absolute Gasteiger partial charge is 0.493 e. The zero-order chi connectivity index (χ0) is 14.7. The Hall–Kier alpha value is -2.20. The van der Waals surface area contributed by atoms with E-state index in [1.165, 1.54) is 0 Å². The van der Waals surface area contributed by atoms with Crippen molar-refractivity contribution in [1.82, 2.24) is 9.88 Å². The Bertz CT molecular complexity index is 640. The standard InChI is InChI=1S/C17H18N2O2/c1-19(11-13-3-2-7-18-10-13)12-16(20)14-4-5-17-15(9-14)6-8-21-17/h2-5,7,9-10H,6,8,11-12H2,1H3. The van der Waals surface area contributed by atoms with Crippen LogP contribution in [0.5, 0.6) is 5.75 Å². The minimum absolute atomic E-state index is 0.135. The van der Waals surface area contributed by atoms with Crippen LogP contribution in [0.4, 0.5) is 0 Å². The number of benzene rings is 1. The highest BCUT2D eigenvalue weighted by atomic mass is 16.5. The molecule has 3 rings (SSSR count). The molecule has 1 aromatic carbocycles. The minimum atomic E-state index is 0.135. The first-order valence-corrected chi connectivity index (χ1v) is 7.09. The van der Waals surface area contributed by atoms with Crippen LogP contribution >= 0.6 is 0 Å². The van der Waals surface area contributed by atoms with Crippen LogP contribution in [0.3, 0.4) is 0 Å². The molecule has 0 N–H and O–H groups in total. The fourth-order valence-corrected chi connectivity index (χ4v) is 2.56. The van der Waals surface area contributed by atoms with Crippen molar-refractivity contribution < 1.29 is 9.53 Å². The quantitative estimate of drug-likeness (QED) is 0.789. The maximum Gasteiger partial charge on any atom is 0.176 e. The highest BCUT2D eigenvalue weighted by molar-refractivity contribution is 5.98.